The summed E-state index contributed by atoms with van der Waals surface area (Å²) < 4.78 is 40.5. The average molecular weight is 354 g/mol. The highest BCUT2D eigenvalue weighted by Gasteiger charge is 2.31. The first-order valence-electron chi connectivity index (χ1n) is 9.42. The minimum absolute atomic E-state index is 0.170. The molecule has 0 heterocycles. The third kappa shape index (κ3) is 7.13. The van der Waals surface area contributed by atoms with E-state index in [4.69, 9.17) is 0 Å². The van der Waals surface area contributed by atoms with Crippen molar-refractivity contribution in [3.63, 3.8) is 0 Å². The highest BCUT2D eigenvalue weighted by atomic mass is 19.4. The van der Waals surface area contributed by atoms with E-state index in [2.05, 4.69) is 17.7 Å². The third-order valence-electron chi connectivity index (χ3n) is 5.14. The Morgan fingerprint density at radius 1 is 1.08 bits per heavy atom. The van der Waals surface area contributed by atoms with Crippen molar-refractivity contribution in [3.8, 4) is 5.75 Å². The topological polar surface area (TPSA) is 9.23 Å². The van der Waals surface area contributed by atoms with Crippen molar-refractivity contribution in [2.45, 2.75) is 71.6 Å². The molecule has 0 spiro atoms. The Bertz CT molecular complexity index is 537. The van der Waals surface area contributed by atoms with Crippen LogP contribution in [0.3, 0.4) is 0 Å². The molecule has 1 aromatic rings. The minimum atomic E-state index is -4.64. The monoisotopic (exact) mass is 354 g/mol. The lowest BCUT2D eigenvalue weighted by molar-refractivity contribution is -0.274. The van der Waals surface area contributed by atoms with Gasteiger partial charge in [0.25, 0.3) is 0 Å². The van der Waals surface area contributed by atoms with E-state index in [1.165, 1.54) is 63.5 Å². The Hall–Kier alpha value is -1.45. The number of hydrogen-bond donors (Lipinski definition) is 0. The number of unbranched alkanes of at least 4 members (excludes halogenated alkanes) is 2. The molecule has 1 aromatic carbocycles. The third-order valence-corrected chi connectivity index (χ3v) is 5.14. The van der Waals surface area contributed by atoms with Crippen LogP contribution in [0.2, 0.25) is 0 Å². The van der Waals surface area contributed by atoms with Gasteiger partial charge in [0.05, 0.1) is 0 Å². The number of allylic oxidation sites excluding steroid dienone is 2. The predicted molar refractivity (Wildman–Crippen MR) is 96.4 cm³/mol. The number of alkyl halides is 3. The highest BCUT2D eigenvalue weighted by molar-refractivity contribution is 5.64. The smallest absolute Gasteiger partial charge is 0.406 e. The fraction of sp³-hybridized carbons (Fsp3) is 0.619. The molecule has 0 aliphatic heterocycles. The van der Waals surface area contributed by atoms with Gasteiger partial charge in [-0.1, -0.05) is 50.8 Å². The molecule has 0 saturated heterocycles. The molecule has 0 bridgehead atoms. The summed E-state index contributed by atoms with van der Waals surface area (Å²) >= 11 is 0. The zero-order valence-electron chi connectivity index (χ0n) is 15.2. The molecule has 1 fully saturated rings. The van der Waals surface area contributed by atoms with Gasteiger partial charge in [0, 0.05) is 0 Å². The molecule has 0 radical (unpaired) electrons. The van der Waals surface area contributed by atoms with Crippen LogP contribution < -0.4 is 4.74 Å². The van der Waals surface area contributed by atoms with E-state index in [-0.39, 0.29) is 5.75 Å². The van der Waals surface area contributed by atoms with Gasteiger partial charge in [0.1, 0.15) is 5.75 Å². The van der Waals surface area contributed by atoms with Gasteiger partial charge in [-0.2, -0.15) is 0 Å². The number of rotatable bonds is 7. The number of halogens is 3. The molecular weight excluding hydrogens is 325 g/mol. The van der Waals surface area contributed by atoms with Gasteiger partial charge in [-0.05, 0) is 67.7 Å². The molecule has 140 valence electrons. The van der Waals surface area contributed by atoms with Crippen LogP contribution in [0, 0.1) is 11.8 Å². The number of ether oxygens (including phenoxy) is 1. The van der Waals surface area contributed by atoms with Crippen molar-refractivity contribution < 1.29 is 17.9 Å². The lowest BCUT2D eigenvalue weighted by Gasteiger charge is -2.27. The standard InChI is InChI=1S/C21H29F3O/c1-3-4-5-6-17-7-9-18(10-8-17)15-16(2)19-11-13-20(14-12-19)25-21(22,23)24/h11-15,17-18H,3-10H2,1-2H3/b16-15+. The van der Waals surface area contributed by atoms with Gasteiger partial charge >= 0.3 is 6.36 Å². The molecular formula is C21H29F3O. The summed E-state index contributed by atoms with van der Waals surface area (Å²) in [7, 11) is 0. The zero-order chi connectivity index (χ0) is 18.3. The Morgan fingerprint density at radius 3 is 2.28 bits per heavy atom. The van der Waals surface area contributed by atoms with Crippen molar-refractivity contribution in [2.24, 2.45) is 11.8 Å². The van der Waals surface area contributed by atoms with Gasteiger partial charge in [-0.25, -0.2) is 0 Å². The number of hydrogen-bond acceptors (Lipinski definition) is 1. The second-order valence-corrected chi connectivity index (χ2v) is 7.20. The van der Waals surface area contributed by atoms with E-state index < -0.39 is 6.36 Å². The second kappa shape index (κ2) is 9.30. The fourth-order valence-corrected chi connectivity index (χ4v) is 3.70. The average Bonchev–Trinajstić information content (AvgIpc) is 2.56. The van der Waals surface area contributed by atoms with Crippen LogP contribution in [0.4, 0.5) is 13.2 Å². The first-order valence-corrected chi connectivity index (χ1v) is 9.42. The van der Waals surface area contributed by atoms with E-state index in [9.17, 15) is 13.2 Å². The van der Waals surface area contributed by atoms with Gasteiger partial charge in [-0.15, -0.1) is 13.2 Å². The summed E-state index contributed by atoms with van der Waals surface area (Å²) in [6, 6.07) is 6.15. The molecule has 1 saturated carbocycles. The second-order valence-electron chi connectivity index (χ2n) is 7.20. The van der Waals surface area contributed by atoms with Gasteiger partial charge in [0.15, 0.2) is 0 Å². The van der Waals surface area contributed by atoms with Crippen LogP contribution in [0.25, 0.3) is 5.57 Å². The Labute approximate surface area is 149 Å². The van der Waals surface area contributed by atoms with Crippen LogP contribution in [0.1, 0.15) is 70.8 Å². The van der Waals surface area contributed by atoms with Crippen LogP contribution in [0.15, 0.2) is 30.3 Å². The maximum atomic E-state index is 12.2. The molecule has 0 atom stereocenters. The molecule has 0 N–H and O–H groups in total. The largest absolute Gasteiger partial charge is 0.573 e. The fourth-order valence-electron chi connectivity index (χ4n) is 3.70. The van der Waals surface area contributed by atoms with E-state index in [0.717, 1.165) is 17.1 Å². The van der Waals surface area contributed by atoms with Crippen LogP contribution in [0.5, 0.6) is 5.75 Å². The summed E-state index contributed by atoms with van der Waals surface area (Å²) in [5.41, 5.74) is 2.09. The molecule has 25 heavy (non-hydrogen) atoms. The van der Waals surface area contributed by atoms with Crippen LogP contribution >= 0.6 is 0 Å². The molecule has 0 aromatic heterocycles. The molecule has 1 aliphatic carbocycles. The van der Waals surface area contributed by atoms with E-state index >= 15 is 0 Å². The maximum Gasteiger partial charge on any atom is 0.573 e. The Morgan fingerprint density at radius 2 is 1.72 bits per heavy atom. The predicted octanol–water partition coefficient (Wildman–Crippen LogP) is 7.38. The summed E-state index contributed by atoms with van der Waals surface area (Å²) in [6.45, 7) is 4.28. The van der Waals surface area contributed by atoms with Gasteiger partial charge < -0.3 is 4.74 Å². The molecule has 0 amide bonds. The maximum absolute atomic E-state index is 12.2. The first-order chi connectivity index (χ1) is 11.9. The van der Waals surface area contributed by atoms with Gasteiger partial charge in [0.2, 0.25) is 0 Å². The van der Waals surface area contributed by atoms with Crippen molar-refractivity contribution in [1.29, 1.82) is 0 Å². The first kappa shape index (κ1) is 19.9. The van der Waals surface area contributed by atoms with Crippen molar-refractivity contribution in [3.05, 3.63) is 35.9 Å². The Kier molecular flexibility index (Phi) is 7.39. The Balaban J connectivity index is 1.85. The molecule has 2 rings (SSSR count). The van der Waals surface area contributed by atoms with Crippen molar-refractivity contribution in [1.82, 2.24) is 0 Å². The lowest BCUT2D eigenvalue weighted by Crippen LogP contribution is -2.17. The van der Waals surface area contributed by atoms with E-state index in [0.29, 0.717) is 5.92 Å². The summed E-state index contributed by atoms with van der Waals surface area (Å²) in [5, 5.41) is 0. The van der Waals surface area contributed by atoms with Crippen molar-refractivity contribution in [2.75, 3.05) is 0 Å². The highest BCUT2D eigenvalue weighted by Crippen LogP contribution is 2.34. The lowest BCUT2D eigenvalue weighted by atomic mass is 9.79. The summed E-state index contributed by atoms with van der Waals surface area (Å²) in [4.78, 5) is 0. The molecule has 0 unspecified atom stereocenters. The summed E-state index contributed by atoms with van der Waals surface area (Å²) in [6.07, 6.45) is 8.05. The zero-order valence-corrected chi connectivity index (χ0v) is 15.2. The van der Waals surface area contributed by atoms with Crippen molar-refractivity contribution >= 4 is 5.57 Å². The summed E-state index contributed by atoms with van der Waals surface area (Å²) in [5.74, 6) is 1.31. The van der Waals surface area contributed by atoms with E-state index in [1.807, 2.05) is 6.92 Å². The van der Waals surface area contributed by atoms with Crippen LogP contribution in [-0.2, 0) is 0 Å². The number of benzene rings is 1. The van der Waals surface area contributed by atoms with Gasteiger partial charge in [-0.3, -0.25) is 0 Å². The van der Waals surface area contributed by atoms with E-state index in [1.54, 1.807) is 12.1 Å². The molecule has 1 aliphatic rings. The molecule has 1 nitrogen and oxygen atoms in total. The quantitative estimate of drug-likeness (QED) is 0.464. The van der Waals surface area contributed by atoms with Crippen LogP contribution in [-0.4, -0.2) is 6.36 Å². The molecule has 4 heteroatoms. The SMILES string of the molecule is CCCCCC1CCC(/C=C(\C)c2ccc(OC(F)(F)F)cc2)CC1. The normalized spacial score (nSPS) is 22.0. The minimum Gasteiger partial charge on any atom is -0.406 e.